The van der Waals surface area contributed by atoms with Gasteiger partial charge in [0.1, 0.15) is 6.61 Å². The van der Waals surface area contributed by atoms with Gasteiger partial charge in [0.05, 0.1) is 6.04 Å². The van der Waals surface area contributed by atoms with E-state index in [1.807, 2.05) is 59.5 Å². The van der Waals surface area contributed by atoms with E-state index in [4.69, 9.17) is 4.74 Å². The van der Waals surface area contributed by atoms with Crippen molar-refractivity contribution < 1.29 is 14.3 Å². The summed E-state index contributed by atoms with van der Waals surface area (Å²) in [4.78, 5) is 26.3. The molecule has 1 saturated heterocycles. The van der Waals surface area contributed by atoms with Gasteiger partial charge in [0, 0.05) is 18.7 Å². The van der Waals surface area contributed by atoms with E-state index in [1.54, 1.807) is 7.05 Å². The van der Waals surface area contributed by atoms with Crippen LogP contribution in [-0.4, -0.2) is 36.0 Å². The number of fused-ring (bicyclic) bond motifs is 2. The highest BCUT2D eigenvalue weighted by Crippen LogP contribution is 2.39. The number of amides is 2. The van der Waals surface area contributed by atoms with Gasteiger partial charge in [0.15, 0.2) is 0 Å². The lowest BCUT2D eigenvalue weighted by molar-refractivity contribution is 0.0832. The molecule has 0 radical (unpaired) electrons. The maximum Gasteiger partial charge on any atom is 0.410 e. The number of nitrogens with one attached hydrogen (secondary N) is 1. The Kier molecular flexibility index (Phi) is 5.15. The lowest BCUT2D eigenvalue weighted by Crippen LogP contribution is -2.43. The lowest BCUT2D eigenvalue weighted by Gasteiger charge is -2.33. The van der Waals surface area contributed by atoms with E-state index >= 15 is 0 Å². The van der Waals surface area contributed by atoms with Crippen LogP contribution in [0.2, 0.25) is 0 Å². The van der Waals surface area contributed by atoms with Crippen LogP contribution in [0, 0.1) is 0 Å². The Morgan fingerprint density at radius 1 is 1.07 bits per heavy atom. The topological polar surface area (TPSA) is 58.6 Å². The van der Waals surface area contributed by atoms with Gasteiger partial charge in [-0.3, -0.25) is 9.69 Å². The van der Waals surface area contributed by atoms with Gasteiger partial charge in [0.25, 0.3) is 5.91 Å². The average molecular weight is 376 g/mol. The minimum Gasteiger partial charge on any atom is -0.445 e. The summed E-state index contributed by atoms with van der Waals surface area (Å²) in [6.07, 6.45) is 4.71. The molecule has 144 valence electrons. The molecule has 0 spiro atoms. The van der Waals surface area contributed by atoms with Crippen molar-refractivity contribution in [1.29, 1.82) is 0 Å². The molecule has 2 bridgehead atoms. The van der Waals surface area contributed by atoms with Crippen molar-refractivity contribution in [3.63, 3.8) is 0 Å². The number of carbonyl (C=O) groups excluding carboxylic acids is 2. The molecular formula is C23H24N2O3. The van der Waals surface area contributed by atoms with Crippen molar-refractivity contribution >= 4 is 17.6 Å². The first-order valence-electron chi connectivity index (χ1n) is 9.68. The third kappa shape index (κ3) is 3.65. The second kappa shape index (κ2) is 7.89. The standard InChI is InChI=1S/C23H24N2O3/c1-24-22(26)18-9-7-17(8-10-18)19-13-20-11-12-21(14-19)25(20)23(27)28-15-16-5-3-2-4-6-16/h2-10,13,20-21H,11-12,14-15H2,1H3,(H,24,26). The first kappa shape index (κ1) is 18.3. The molecule has 28 heavy (non-hydrogen) atoms. The zero-order valence-electron chi connectivity index (χ0n) is 15.9. The summed E-state index contributed by atoms with van der Waals surface area (Å²) in [5.74, 6) is -0.0865. The van der Waals surface area contributed by atoms with E-state index in [2.05, 4.69) is 11.4 Å². The number of nitrogens with zero attached hydrogens (tertiary/aromatic N) is 1. The smallest absolute Gasteiger partial charge is 0.410 e. The second-order valence-electron chi connectivity index (χ2n) is 7.30. The van der Waals surface area contributed by atoms with E-state index < -0.39 is 0 Å². The second-order valence-corrected chi connectivity index (χ2v) is 7.30. The van der Waals surface area contributed by atoms with E-state index in [-0.39, 0.29) is 24.1 Å². The first-order chi connectivity index (χ1) is 13.7. The molecule has 2 amide bonds. The average Bonchev–Trinajstić information content (AvgIpc) is 3.01. The van der Waals surface area contributed by atoms with Crippen molar-refractivity contribution in [2.45, 2.75) is 38.0 Å². The molecule has 2 heterocycles. The van der Waals surface area contributed by atoms with Crippen LogP contribution < -0.4 is 5.32 Å². The molecule has 4 rings (SSSR count). The van der Waals surface area contributed by atoms with Crippen LogP contribution in [0.1, 0.15) is 40.7 Å². The molecule has 2 aliphatic heterocycles. The van der Waals surface area contributed by atoms with Crippen LogP contribution in [0.15, 0.2) is 60.7 Å². The Bertz CT molecular complexity index is 890. The monoisotopic (exact) mass is 376 g/mol. The molecule has 0 saturated carbocycles. The first-order valence-corrected chi connectivity index (χ1v) is 9.68. The van der Waals surface area contributed by atoms with Gasteiger partial charge in [-0.2, -0.15) is 0 Å². The van der Waals surface area contributed by atoms with Crippen molar-refractivity contribution in [2.24, 2.45) is 0 Å². The quantitative estimate of drug-likeness (QED) is 0.877. The lowest BCUT2D eigenvalue weighted by atomic mass is 9.94. The number of carbonyl (C=O) groups is 2. The minimum absolute atomic E-state index is 0.0793. The molecule has 2 aromatic carbocycles. The molecule has 5 heteroatoms. The van der Waals surface area contributed by atoms with E-state index in [0.717, 1.165) is 30.4 Å². The van der Waals surface area contributed by atoms with Gasteiger partial charge >= 0.3 is 6.09 Å². The Balaban J connectivity index is 1.44. The van der Waals surface area contributed by atoms with E-state index in [1.165, 1.54) is 5.57 Å². The maximum absolute atomic E-state index is 12.7. The molecule has 1 fully saturated rings. The fourth-order valence-electron chi connectivity index (χ4n) is 4.10. The summed E-state index contributed by atoms with van der Waals surface area (Å²) in [5.41, 5.74) is 3.99. The number of rotatable bonds is 4. The van der Waals surface area contributed by atoms with E-state index in [0.29, 0.717) is 12.2 Å². The summed E-state index contributed by atoms with van der Waals surface area (Å²) < 4.78 is 5.56. The molecule has 2 aromatic rings. The van der Waals surface area contributed by atoms with Crippen molar-refractivity contribution in [1.82, 2.24) is 10.2 Å². The number of hydrogen-bond donors (Lipinski definition) is 1. The SMILES string of the molecule is CNC(=O)c1ccc(C2=CC3CCC(C2)N3C(=O)OCc2ccccc2)cc1. The predicted octanol–water partition coefficient (Wildman–Crippen LogP) is 4.00. The number of ether oxygens (including phenoxy) is 1. The molecule has 1 N–H and O–H groups in total. The summed E-state index contributed by atoms with van der Waals surface area (Å²) in [7, 11) is 1.63. The maximum atomic E-state index is 12.7. The summed E-state index contributed by atoms with van der Waals surface area (Å²) in [6, 6.07) is 17.7. The molecule has 5 nitrogen and oxygen atoms in total. The fraction of sp³-hybridized carbons (Fsp3) is 0.304. The van der Waals surface area contributed by atoms with Gasteiger partial charge in [-0.25, -0.2) is 4.79 Å². The van der Waals surface area contributed by atoms with Gasteiger partial charge in [-0.1, -0.05) is 48.5 Å². The highest BCUT2D eigenvalue weighted by atomic mass is 16.6. The van der Waals surface area contributed by atoms with Crippen molar-refractivity contribution in [3.05, 3.63) is 77.4 Å². The Morgan fingerprint density at radius 2 is 1.82 bits per heavy atom. The Morgan fingerprint density at radius 3 is 2.50 bits per heavy atom. The summed E-state index contributed by atoms with van der Waals surface area (Å²) >= 11 is 0. The van der Waals surface area contributed by atoms with Crippen molar-refractivity contribution in [2.75, 3.05) is 7.05 Å². The zero-order valence-corrected chi connectivity index (χ0v) is 15.9. The van der Waals surface area contributed by atoms with Crippen LogP contribution in [0.5, 0.6) is 0 Å². The summed E-state index contributed by atoms with van der Waals surface area (Å²) in [5, 5.41) is 2.63. The highest BCUT2D eigenvalue weighted by Gasteiger charge is 2.40. The van der Waals surface area contributed by atoms with Crippen molar-refractivity contribution in [3.8, 4) is 0 Å². The fourth-order valence-corrected chi connectivity index (χ4v) is 4.10. The summed E-state index contributed by atoms with van der Waals surface area (Å²) in [6.45, 7) is 0.299. The molecule has 2 unspecified atom stereocenters. The third-order valence-electron chi connectivity index (χ3n) is 5.56. The number of benzene rings is 2. The van der Waals surface area contributed by atoms with Crippen LogP contribution in [0.3, 0.4) is 0 Å². The minimum atomic E-state index is -0.235. The molecule has 0 aromatic heterocycles. The molecule has 2 atom stereocenters. The van der Waals surface area contributed by atoms with Crippen LogP contribution in [0.25, 0.3) is 5.57 Å². The molecule has 0 aliphatic carbocycles. The van der Waals surface area contributed by atoms with Crippen LogP contribution >= 0.6 is 0 Å². The molecular weight excluding hydrogens is 352 g/mol. The number of hydrogen-bond acceptors (Lipinski definition) is 3. The highest BCUT2D eigenvalue weighted by molar-refractivity contribution is 5.94. The predicted molar refractivity (Wildman–Crippen MR) is 108 cm³/mol. The Labute approximate surface area is 165 Å². The van der Waals surface area contributed by atoms with E-state index in [9.17, 15) is 9.59 Å². The van der Waals surface area contributed by atoms with Gasteiger partial charge in [-0.05, 0) is 48.1 Å². The zero-order chi connectivity index (χ0) is 19.5. The normalized spacial score (nSPS) is 20.5. The van der Waals surface area contributed by atoms with Crippen LogP contribution in [-0.2, 0) is 11.3 Å². The molecule has 2 aliphatic rings. The Hall–Kier alpha value is -3.08. The van der Waals surface area contributed by atoms with Gasteiger partial charge in [-0.15, -0.1) is 0 Å². The van der Waals surface area contributed by atoms with Gasteiger partial charge in [0.2, 0.25) is 0 Å². The van der Waals surface area contributed by atoms with Crippen LogP contribution in [0.4, 0.5) is 4.79 Å². The van der Waals surface area contributed by atoms with Gasteiger partial charge < -0.3 is 10.1 Å². The third-order valence-corrected chi connectivity index (χ3v) is 5.56. The largest absolute Gasteiger partial charge is 0.445 e.